The SMILES string of the molecule is C[C@]12C[C@H](c3ccc(OS(=O)(=O)C(F)(F)F)cc3)[C@H]3[C@@H](CC=C4CC5(CC[C@@H]43)OCCO5)[C@@H]1CCC21OCCO1. The Morgan fingerprint density at radius 1 is 0.925 bits per heavy atom. The molecule has 5 fully saturated rings. The smallest absolute Gasteiger partial charge is 0.376 e. The first-order valence-electron chi connectivity index (χ1n) is 14.3. The summed E-state index contributed by atoms with van der Waals surface area (Å²) in [6, 6.07) is 6.14. The van der Waals surface area contributed by atoms with Crippen molar-refractivity contribution in [3.05, 3.63) is 41.5 Å². The Labute approximate surface area is 232 Å². The number of allylic oxidation sites excluding steroid dienone is 1. The van der Waals surface area contributed by atoms with Crippen LogP contribution in [0.25, 0.3) is 0 Å². The average Bonchev–Trinajstić information content (AvgIpc) is 3.64. The summed E-state index contributed by atoms with van der Waals surface area (Å²) in [7, 11) is -5.74. The van der Waals surface area contributed by atoms with Gasteiger partial charge >= 0.3 is 15.6 Å². The molecular weight excluding hydrogens is 549 g/mol. The van der Waals surface area contributed by atoms with Gasteiger partial charge in [-0.1, -0.05) is 30.7 Å². The molecule has 6 aliphatic rings. The van der Waals surface area contributed by atoms with E-state index in [0.717, 1.165) is 50.5 Å². The molecule has 0 unspecified atom stereocenters. The number of ether oxygens (including phenoxy) is 4. The van der Waals surface area contributed by atoms with E-state index in [4.69, 9.17) is 18.9 Å². The lowest BCUT2D eigenvalue weighted by atomic mass is 9.48. The third kappa shape index (κ3) is 4.01. The minimum absolute atomic E-state index is 0.0930. The molecule has 0 amide bonds. The number of alkyl halides is 3. The number of fused-ring (bicyclic) bond motifs is 6. The van der Waals surface area contributed by atoms with Crippen LogP contribution in [-0.2, 0) is 29.1 Å². The first kappa shape index (κ1) is 27.2. The predicted octanol–water partition coefficient (Wildman–Crippen LogP) is 5.67. The van der Waals surface area contributed by atoms with Crippen LogP contribution in [0.2, 0.25) is 0 Å². The van der Waals surface area contributed by atoms with Crippen molar-refractivity contribution >= 4 is 10.1 Å². The Bertz CT molecular complexity index is 1280. The molecule has 220 valence electrons. The van der Waals surface area contributed by atoms with E-state index in [0.29, 0.717) is 50.1 Å². The van der Waals surface area contributed by atoms with E-state index in [9.17, 15) is 21.6 Å². The fraction of sp³-hybridized carbons (Fsp3) is 0.724. The van der Waals surface area contributed by atoms with Gasteiger partial charge in [0.25, 0.3) is 0 Å². The number of rotatable bonds is 3. The van der Waals surface area contributed by atoms with E-state index in [-0.39, 0.29) is 17.1 Å². The number of hydrogen-bond acceptors (Lipinski definition) is 7. The Balaban J connectivity index is 1.24. The quantitative estimate of drug-likeness (QED) is 0.257. The summed E-state index contributed by atoms with van der Waals surface area (Å²) < 4.78 is 91.0. The maximum absolute atomic E-state index is 12.9. The van der Waals surface area contributed by atoms with Gasteiger partial charge in [0.2, 0.25) is 0 Å². The zero-order valence-corrected chi connectivity index (χ0v) is 23.3. The molecule has 0 radical (unpaired) electrons. The zero-order chi connectivity index (χ0) is 28.0. The second kappa shape index (κ2) is 9.17. The van der Waals surface area contributed by atoms with Crippen molar-refractivity contribution in [3.63, 3.8) is 0 Å². The second-order valence-electron chi connectivity index (χ2n) is 12.6. The first-order valence-corrected chi connectivity index (χ1v) is 15.7. The molecule has 0 N–H and O–H groups in total. The van der Waals surface area contributed by atoms with E-state index in [1.165, 1.54) is 17.7 Å². The van der Waals surface area contributed by atoms with Gasteiger partial charge in [-0.3, -0.25) is 0 Å². The average molecular weight is 585 g/mol. The van der Waals surface area contributed by atoms with Crippen LogP contribution in [0, 0.1) is 29.1 Å². The van der Waals surface area contributed by atoms with Crippen LogP contribution in [0.4, 0.5) is 13.2 Å². The van der Waals surface area contributed by atoms with Crippen molar-refractivity contribution in [1.29, 1.82) is 0 Å². The lowest BCUT2D eigenvalue weighted by Crippen LogP contribution is -2.55. The fourth-order valence-corrected chi connectivity index (χ4v) is 9.74. The molecule has 0 bridgehead atoms. The van der Waals surface area contributed by atoms with E-state index in [2.05, 4.69) is 17.2 Å². The minimum atomic E-state index is -5.74. The molecular formula is C29H35F3O7S. The Kier molecular flexibility index (Phi) is 6.23. The molecule has 7 rings (SSSR count). The highest BCUT2D eigenvalue weighted by molar-refractivity contribution is 7.88. The van der Waals surface area contributed by atoms with E-state index in [1.807, 2.05) is 0 Å². The molecule has 2 aliphatic heterocycles. The number of hydrogen-bond donors (Lipinski definition) is 0. The van der Waals surface area contributed by atoms with Gasteiger partial charge in [0.15, 0.2) is 11.6 Å². The standard InChI is InChI=1S/C29H35F3O7S/c1-26-17-23(18-2-5-20(6-3-18)39-40(33,34)29(30,31)32)25-21-8-10-27(35-12-13-36-27)16-19(21)4-7-22(25)24(26)9-11-28(26)37-14-15-38-28/h2-6,21-25H,7-17H2,1H3/t21-,22-,23+,24-,25+,26-/m0/s1. The second-order valence-corrected chi connectivity index (χ2v) is 14.1. The van der Waals surface area contributed by atoms with Crippen LogP contribution >= 0.6 is 0 Å². The van der Waals surface area contributed by atoms with Crippen molar-refractivity contribution in [2.24, 2.45) is 29.1 Å². The minimum Gasteiger partial charge on any atom is -0.376 e. The van der Waals surface area contributed by atoms with Crippen LogP contribution in [0.5, 0.6) is 5.75 Å². The highest BCUT2D eigenvalue weighted by atomic mass is 32.2. The summed E-state index contributed by atoms with van der Waals surface area (Å²) in [5, 5.41) is 0. The summed E-state index contributed by atoms with van der Waals surface area (Å²) in [5.41, 5.74) is -3.34. The Hall–Kier alpha value is -1.66. The van der Waals surface area contributed by atoms with Crippen LogP contribution < -0.4 is 4.18 Å². The van der Waals surface area contributed by atoms with E-state index < -0.39 is 27.2 Å². The summed E-state index contributed by atoms with van der Waals surface area (Å²) in [6.07, 6.45) is 8.65. The third-order valence-electron chi connectivity index (χ3n) is 10.9. The molecule has 0 aromatic heterocycles. The summed E-state index contributed by atoms with van der Waals surface area (Å²) in [5.74, 6) is 0.141. The van der Waals surface area contributed by atoms with E-state index in [1.54, 1.807) is 12.1 Å². The van der Waals surface area contributed by atoms with Crippen molar-refractivity contribution in [3.8, 4) is 5.75 Å². The third-order valence-corrected chi connectivity index (χ3v) is 11.8. The van der Waals surface area contributed by atoms with Gasteiger partial charge in [-0.25, -0.2) is 0 Å². The van der Waals surface area contributed by atoms with Crippen molar-refractivity contribution in [1.82, 2.24) is 0 Å². The van der Waals surface area contributed by atoms with Gasteiger partial charge in [-0.2, -0.15) is 21.6 Å². The van der Waals surface area contributed by atoms with Crippen molar-refractivity contribution in [2.45, 2.75) is 74.9 Å². The molecule has 1 aromatic rings. The molecule has 1 aromatic carbocycles. The number of halogens is 3. The van der Waals surface area contributed by atoms with Crippen LogP contribution in [0.3, 0.4) is 0 Å². The van der Waals surface area contributed by atoms with Crippen LogP contribution in [-0.4, -0.2) is 51.9 Å². The first-order chi connectivity index (χ1) is 19.0. The van der Waals surface area contributed by atoms with E-state index >= 15 is 0 Å². The van der Waals surface area contributed by atoms with Gasteiger partial charge < -0.3 is 23.1 Å². The number of benzene rings is 1. The molecule has 4 aliphatic carbocycles. The van der Waals surface area contributed by atoms with Gasteiger partial charge in [0.1, 0.15) is 5.75 Å². The van der Waals surface area contributed by atoms with Gasteiger partial charge in [0.05, 0.1) is 26.4 Å². The molecule has 6 atom stereocenters. The van der Waals surface area contributed by atoms with Crippen molar-refractivity contribution in [2.75, 3.05) is 26.4 Å². The topological polar surface area (TPSA) is 80.3 Å². The van der Waals surface area contributed by atoms with Gasteiger partial charge in [-0.15, -0.1) is 0 Å². The maximum Gasteiger partial charge on any atom is 0.534 e. The molecule has 7 nitrogen and oxygen atoms in total. The largest absolute Gasteiger partial charge is 0.534 e. The molecule has 11 heteroatoms. The highest BCUT2D eigenvalue weighted by Crippen LogP contribution is 2.69. The molecule has 2 spiro atoms. The Morgan fingerprint density at radius 2 is 1.60 bits per heavy atom. The summed E-state index contributed by atoms with van der Waals surface area (Å²) >= 11 is 0. The van der Waals surface area contributed by atoms with Gasteiger partial charge in [-0.05, 0) is 73.0 Å². The molecule has 3 saturated carbocycles. The normalized spacial score (nSPS) is 38.1. The van der Waals surface area contributed by atoms with Crippen LogP contribution in [0.1, 0.15) is 63.4 Å². The Morgan fingerprint density at radius 3 is 2.27 bits per heavy atom. The molecule has 40 heavy (non-hydrogen) atoms. The fourth-order valence-electron chi connectivity index (χ4n) is 9.28. The molecule has 2 heterocycles. The lowest BCUT2D eigenvalue weighted by Gasteiger charge is -2.58. The molecule has 2 saturated heterocycles. The lowest BCUT2D eigenvalue weighted by molar-refractivity contribution is -0.243. The summed E-state index contributed by atoms with van der Waals surface area (Å²) in [4.78, 5) is 0. The monoisotopic (exact) mass is 584 g/mol. The highest BCUT2D eigenvalue weighted by Gasteiger charge is 2.67. The summed E-state index contributed by atoms with van der Waals surface area (Å²) in [6.45, 7) is 4.69. The van der Waals surface area contributed by atoms with Crippen LogP contribution in [0.15, 0.2) is 35.9 Å². The predicted molar refractivity (Wildman–Crippen MR) is 137 cm³/mol. The van der Waals surface area contributed by atoms with Crippen molar-refractivity contribution < 1.29 is 44.7 Å². The van der Waals surface area contributed by atoms with Gasteiger partial charge in [0, 0.05) is 24.7 Å². The zero-order valence-electron chi connectivity index (χ0n) is 22.5. The maximum atomic E-state index is 12.9.